The minimum atomic E-state index is -5.97. The van der Waals surface area contributed by atoms with E-state index in [1.54, 1.807) is 5.32 Å². The highest BCUT2D eigenvalue weighted by Gasteiger charge is 2.63. The van der Waals surface area contributed by atoms with Crippen LogP contribution in [0.1, 0.15) is 27.2 Å². The standard InChI is InChI=1S/C11H15BrF5NO2/c1-9(2,3)7(4-6(19)5-12)18-8(20)10(13,14)11(15,16)17/h7H,4-5H2,1-3H3,(H,18,20). The van der Waals surface area contributed by atoms with Crippen LogP contribution in [0.5, 0.6) is 0 Å². The summed E-state index contributed by atoms with van der Waals surface area (Å²) in [6, 6.07) is -1.13. The fourth-order valence-electron chi connectivity index (χ4n) is 1.23. The van der Waals surface area contributed by atoms with E-state index in [1.807, 2.05) is 0 Å². The van der Waals surface area contributed by atoms with E-state index in [-0.39, 0.29) is 11.8 Å². The van der Waals surface area contributed by atoms with Gasteiger partial charge in [0.1, 0.15) is 5.78 Å². The van der Waals surface area contributed by atoms with Crippen LogP contribution in [0, 0.1) is 5.41 Å². The van der Waals surface area contributed by atoms with Gasteiger partial charge in [0.15, 0.2) is 0 Å². The lowest BCUT2D eigenvalue weighted by atomic mass is 9.83. The molecule has 0 spiro atoms. The van der Waals surface area contributed by atoms with Crippen molar-refractivity contribution >= 4 is 27.6 Å². The molecule has 0 aromatic heterocycles. The summed E-state index contributed by atoms with van der Waals surface area (Å²) in [4.78, 5) is 22.4. The SMILES string of the molecule is CC(C)(C)C(CC(=O)CBr)NC(=O)C(F)(F)C(F)(F)F. The highest BCUT2D eigenvalue weighted by atomic mass is 79.9. The van der Waals surface area contributed by atoms with E-state index in [4.69, 9.17) is 0 Å². The third kappa shape index (κ3) is 4.99. The van der Waals surface area contributed by atoms with Crippen molar-refractivity contribution in [3.8, 4) is 0 Å². The fraction of sp³-hybridized carbons (Fsp3) is 0.818. The molecule has 0 rings (SSSR count). The average molecular weight is 368 g/mol. The quantitative estimate of drug-likeness (QED) is 0.599. The Balaban J connectivity index is 5.10. The molecule has 1 amide bonds. The second-order valence-electron chi connectivity index (χ2n) is 5.34. The number of hydrogen-bond donors (Lipinski definition) is 1. The van der Waals surface area contributed by atoms with Crippen LogP contribution in [0.3, 0.4) is 0 Å². The molecule has 0 aromatic rings. The van der Waals surface area contributed by atoms with Crippen molar-refractivity contribution in [3.05, 3.63) is 0 Å². The molecule has 0 radical (unpaired) electrons. The van der Waals surface area contributed by atoms with Gasteiger partial charge in [-0.15, -0.1) is 0 Å². The third-order valence-corrected chi connectivity index (χ3v) is 3.20. The van der Waals surface area contributed by atoms with Crippen LogP contribution >= 0.6 is 15.9 Å². The second kappa shape index (κ2) is 6.36. The van der Waals surface area contributed by atoms with Gasteiger partial charge >= 0.3 is 18.0 Å². The molecule has 0 bridgehead atoms. The number of carbonyl (C=O) groups excluding carboxylic acids is 2. The normalized spacial score (nSPS) is 14.8. The molecule has 20 heavy (non-hydrogen) atoms. The summed E-state index contributed by atoms with van der Waals surface area (Å²) in [6.45, 7) is 4.56. The van der Waals surface area contributed by atoms with Gasteiger partial charge < -0.3 is 5.32 Å². The van der Waals surface area contributed by atoms with Crippen molar-refractivity contribution in [3.63, 3.8) is 0 Å². The van der Waals surface area contributed by atoms with E-state index in [9.17, 15) is 31.5 Å². The lowest BCUT2D eigenvalue weighted by Crippen LogP contribution is -2.56. The van der Waals surface area contributed by atoms with Crippen molar-refractivity contribution in [1.29, 1.82) is 0 Å². The van der Waals surface area contributed by atoms with Gasteiger partial charge in [0.05, 0.1) is 5.33 Å². The first-order valence-electron chi connectivity index (χ1n) is 5.56. The zero-order valence-electron chi connectivity index (χ0n) is 11.1. The van der Waals surface area contributed by atoms with E-state index in [0.29, 0.717) is 0 Å². The van der Waals surface area contributed by atoms with E-state index >= 15 is 0 Å². The van der Waals surface area contributed by atoms with Crippen LogP contribution in [0.15, 0.2) is 0 Å². The number of carbonyl (C=O) groups is 2. The van der Waals surface area contributed by atoms with Crippen molar-refractivity contribution in [2.24, 2.45) is 5.41 Å². The first kappa shape index (κ1) is 19.3. The monoisotopic (exact) mass is 367 g/mol. The molecule has 0 fully saturated rings. The summed E-state index contributed by atoms with van der Waals surface area (Å²) in [6.07, 6.45) is -6.31. The fourth-order valence-corrected chi connectivity index (χ4v) is 1.46. The van der Waals surface area contributed by atoms with E-state index in [1.165, 1.54) is 20.8 Å². The largest absolute Gasteiger partial charge is 0.463 e. The molecular weight excluding hydrogens is 353 g/mol. The van der Waals surface area contributed by atoms with Gasteiger partial charge in [-0.2, -0.15) is 22.0 Å². The van der Waals surface area contributed by atoms with Crippen molar-refractivity contribution < 1.29 is 31.5 Å². The molecule has 9 heteroatoms. The molecule has 1 atom stereocenters. The number of alkyl halides is 6. The smallest absolute Gasteiger partial charge is 0.347 e. The van der Waals surface area contributed by atoms with Gasteiger partial charge in [-0.3, -0.25) is 9.59 Å². The molecule has 0 saturated carbocycles. The Morgan fingerprint density at radius 2 is 1.55 bits per heavy atom. The maximum atomic E-state index is 12.9. The summed E-state index contributed by atoms with van der Waals surface area (Å²) in [7, 11) is 0. The zero-order valence-corrected chi connectivity index (χ0v) is 12.7. The number of nitrogens with one attached hydrogen (secondary N) is 1. The molecule has 0 aromatic carbocycles. The molecule has 1 N–H and O–H groups in total. The van der Waals surface area contributed by atoms with Gasteiger partial charge in [0.2, 0.25) is 0 Å². The van der Waals surface area contributed by atoms with E-state index < -0.39 is 35.2 Å². The first-order chi connectivity index (χ1) is 8.73. The van der Waals surface area contributed by atoms with Gasteiger partial charge in [-0.1, -0.05) is 36.7 Å². The maximum absolute atomic E-state index is 12.9. The number of halogens is 6. The van der Waals surface area contributed by atoms with Crippen LogP contribution in [-0.2, 0) is 9.59 Å². The molecule has 0 aliphatic heterocycles. The van der Waals surface area contributed by atoms with Gasteiger partial charge in [-0.25, -0.2) is 0 Å². The third-order valence-electron chi connectivity index (χ3n) is 2.57. The topological polar surface area (TPSA) is 46.2 Å². The Morgan fingerprint density at radius 3 is 1.85 bits per heavy atom. The molecular formula is C11H15BrF5NO2. The van der Waals surface area contributed by atoms with Crippen molar-refractivity contribution in [1.82, 2.24) is 5.32 Å². The van der Waals surface area contributed by atoms with Crippen molar-refractivity contribution in [2.45, 2.75) is 45.3 Å². The maximum Gasteiger partial charge on any atom is 0.463 e. The number of ketones is 1. The molecule has 0 heterocycles. The Morgan fingerprint density at radius 1 is 1.10 bits per heavy atom. The Bertz CT molecular complexity index is 376. The van der Waals surface area contributed by atoms with Gasteiger partial charge in [0.25, 0.3) is 0 Å². The summed E-state index contributed by atoms with van der Waals surface area (Å²) in [5.41, 5.74) is -0.852. The van der Waals surface area contributed by atoms with Crippen LogP contribution in [0.4, 0.5) is 22.0 Å². The second-order valence-corrected chi connectivity index (χ2v) is 5.90. The molecule has 1 unspecified atom stereocenters. The first-order valence-corrected chi connectivity index (χ1v) is 6.68. The summed E-state index contributed by atoms with van der Waals surface area (Å²) in [5.74, 6) is -8.36. The summed E-state index contributed by atoms with van der Waals surface area (Å²) < 4.78 is 61.9. The Kier molecular flexibility index (Phi) is 6.13. The Labute approximate surface area is 121 Å². The van der Waals surface area contributed by atoms with Crippen molar-refractivity contribution in [2.75, 3.05) is 5.33 Å². The summed E-state index contributed by atoms with van der Waals surface area (Å²) in [5, 5.41) is 1.54. The van der Waals surface area contributed by atoms with E-state index in [0.717, 1.165) is 0 Å². The average Bonchev–Trinajstić information content (AvgIpc) is 2.24. The lowest BCUT2D eigenvalue weighted by molar-refractivity contribution is -0.270. The number of Topliss-reactive ketones (excluding diaryl/α,β-unsaturated/α-hetero) is 1. The number of amides is 1. The van der Waals surface area contributed by atoms with Crippen LogP contribution < -0.4 is 5.32 Å². The predicted octanol–water partition coefficient (Wildman–Crippen LogP) is 3.07. The van der Waals surface area contributed by atoms with E-state index in [2.05, 4.69) is 15.9 Å². The minimum Gasteiger partial charge on any atom is -0.347 e. The van der Waals surface area contributed by atoms with Crippen LogP contribution in [0.2, 0.25) is 0 Å². The molecule has 0 aliphatic rings. The molecule has 0 aliphatic carbocycles. The molecule has 0 saturated heterocycles. The van der Waals surface area contributed by atoms with Gasteiger partial charge in [-0.05, 0) is 5.41 Å². The predicted molar refractivity (Wildman–Crippen MR) is 65.8 cm³/mol. The molecule has 118 valence electrons. The van der Waals surface area contributed by atoms with Crippen LogP contribution in [0.25, 0.3) is 0 Å². The minimum absolute atomic E-state index is 0.0783. The van der Waals surface area contributed by atoms with Crippen LogP contribution in [-0.4, -0.2) is 35.2 Å². The number of rotatable bonds is 5. The summed E-state index contributed by atoms with van der Waals surface area (Å²) >= 11 is 2.86. The lowest BCUT2D eigenvalue weighted by Gasteiger charge is -2.32. The highest BCUT2D eigenvalue weighted by Crippen LogP contribution is 2.36. The Hall–Kier alpha value is -0.730. The van der Waals surface area contributed by atoms with Gasteiger partial charge in [0, 0.05) is 12.5 Å². The zero-order chi connectivity index (χ0) is 16.4. The highest BCUT2D eigenvalue weighted by molar-refractivity contribution is 9.09. The number of hydrogen-bond acceptors (Lipinski definition) is 2. The molecule has 3 nitrogen and oxygen atoms in total.